The van der Waals surface area contributed by atoms with Crippen LogP contribution in [0.15, 0.2) is 58.8 Å². The Kier molecular flexibility index (Phi) is 10.1. The molecule has 9 heteroatoms. The van der Waals surface area contributed by atoms with Crippen LogP contribution in [0.4, 0.5) is 13.2 Å². The lowest BCUT2D eigenvalue weighted by molar-refractivity contribution is -0.137. The van der Waals surface area contributed by atoms with E-state index in [2.05, 4.69) is 15.6 Å². The van der Waals surface area contributed by atoms with Crippen molar-refractivity contribution in [1.82, 2.24) is 5.32 Å². The number of hydrogen-bond donors (Lipinski definition) is 1. The third-order valence-electron chi connectivity index (χ3n) is 3.79. The predicted molar refractivity (Wildman–Crippen MR) is 109 cm³/mol. The average Bonchev–Trinajstić information content (AvgIpc) is 2.74. The fourth-order valence-electron chi connectivity index (χ4n) is 2.33. The number of nitrogens with zero attached hydrogens (tertiary/aromatic N) is 2. The lowest BCUT2D eigenvalue weighted by Gasteiger charge is -2.13. The number of amides is 1. The molecule has 1 unspecified atom stereocenters. The molecule has 1 amide bonds. The van der Waals surface area contributed by atoms with Crippen molar-refractivity contribution < 1.29 is 27.6 Å². The molecule has 0 aliphatic rings. The van der Waals surface area contributed by atoms with Crippen molar-refractivity contribution in [3.63, 3.8) is 0 Å². The zero-order valence-corrected chi connectivity index (χ0v) is 17.1. The Hall–Kier alpha value is -3.36. The summed E-state index contributed by atoms with van der Waals surface area (Å²) in [5.41, 5.74) is 1.91. The van der Waals surface area contributed by atoms with Crippen LogP contribution in [0, 0.1) is 0 Å². The molecule has 1 N–H and O–H groups in total. The van der Waals surface area contributed by atoms with Gasteiger partial charge >= 0.3 is 6.18 Å². The van der Waals surface area contributed by atoms with Crippen LogP contribution in [0.1, 0.15) is 42.2 Å². The van der Waals surface area contributed by atoms with Crippen molar-refractivity contribution in [2.75, 3.05) is 14.2 Å². The molecule has 0 heterocycles. The second-order valence-corrected chi connectivity index (χ2v) is 5.96. The van der Waals surface area contributed by atoms with Crippen molar-refractivity contribution >= 4 is 18.3 Å². The monoisotopic (exact) mass is 423 g/mol. The maximum absolute atomic E-state index is 12.8. The minimum absolute atomic E-state index is 0.391. The van der Waals surface area contributed by atoms with Gasteiger partial charge in [0.05, 0.1) is 17.5 Å². The first kappa shape index (κ1) is 24.7. The molecule has 0 radical (unpaired) electrons. The highest BCUT2D eigenvalue weighted by Gasteiger charge is 2.30. The van der Waals surface area contributed by atoms with Crippen molar-refractivity contribution in [2.45, 2.75) is 26.1 Å². The summed E-state index contributed by atoms with van der Waals surface area (Å²) in [5.74, 6) is 0. The smallest absolute Gasteiger partial charge is 0.399 e. The van der Waals surface area contributed by atoms with Crippen LogP contribution in [0.2, 0.25) is 0 Å². The average molecular weight is 423 g/mol. The van der Waals surface area contributed by atoms with Crippen molar-refractivity contribution in [3.05, 3.63) is 70.8 Å². The molecule has 1 atom stereocenters. The third kappa shape index (κ3) is 7.94. The van der Waals surface area contributed by atoms with Crippen molar-refractivity contribution in [1.29, 1.82) is 0 Å². The molecule has 0 spiro atoms. The Labute approximate surface area is 173 Å². The zero-order chi connectivity index (χ0) is 22.6. The number of oxime groups is 2. The van der Waals surface area contributed by atoms with Crippen LogP contribution in [0.3, 0.4) is 0 Å². The maximum atomic E-state index is 12.8. The molecule has 0 saturated heterocycles. The minimum atomic E-state index is -4.39. The normalized spacial score (nSPS) is 12.6. The van der Waals surface area contributed by atoms with Crippen molar-refractivity contribution in [3.8, 4) is 0 Å². The SMILES string of the molecule is CNC=O.CO/N=C(\C)c1ccccc1/C=N/OC(C)c1cccc(C(F)(F)F)c1. The van der Waals surface area contributed by atoms with E-state index in [1.807, 2.05) is 24.3 Å². The van der Waals surface area contributed by atoms with Gasteiger partial charge in [-0.1, -0.05) is 46.7 Å². The van der Waals surface area contributed by atoms with E-state index in [0.717, 1.165) is 23.3 Å². The second kappa shape index (κ2) is 12.3. The number of benzene rings is 2. The molecule has 0 saturated carbocycles. The number of hydrogen-bond acceptors (Lipinski definition) is 5. The number of rotatable bonds is 7. The molecule has 162 valence electrons. The van der Waals surface area contributed by atoms with Gasteiger partial charge in [-0.05, 0) is 31.5 Å². The molecule has 0 aliphatic heterocycles. The highest BCUT2D eigenvalue weighted by Crippen LogP contribution is 2.31. The summed E-state index contributed by atoms with van der Waals surface area (Å²) in [5, 5.41) is 10.0. The first-order valence-electron chi connectivity index (χ1n) is 8.89. The summed E-state index contributed by atoms with van der Waals surface area (Å²) in [4.78, 5) is 19.2. The number of carbonyl (C=O) groups excluding carboxylic acids is 1. The fourth-order valence-corrected chi connectivity index (χ4v) is 2.33. The second-order valence-electron chi connectivity index (χ2n) is 5.96. The van der Waals surface area contributed by atoms with Gasteiger partial charge in [0.2, 0.25) is 6.41 Å². The van der Waals surface area contributed by atoms with Gasteiger partial charge in [-0.2, -0.15) is 13.2 Å². The van der Waals surface area contributed by atoms with Gasteiger partial charge in [-0.15, -0.1) is 0 Å². The summed E-state index contributed by atoms with van der Waals surface area (Å²) in [6.45, 7) is 3.43. The van der Waals surface area contributed by atoms with Crippen LogP contribution in [0.5, 0.6) is 0 Å². The van der Waals surface area contributed by atoms with Crippen LogP contribution in [0.25, 0.3) is 0 Å². The van der Waals surface area contributed by atoms with Gasteiger partial charge in [-0.25, -0.2) is 0 Å². The molecule has 0 fully saturated rings. The van der Waals surface area contributed by atoms with Gasteiger partial charge in [-0.3, -0.25) is 4.79 Å². The molecule has 2 aromatic carbocycles. The minimum Gasteiger partial charge on any atom is -0.399 e. The van der Waals surface area contributed by atoms with E-state index in [1.54, 1.807) is 27.0 Å². The molecule has 30 heavy (non-hydrogen) atoms. The topological polar surface area (TPSA) is 72.3 Å². The van der Waals surface area contributed by atoms with E-state index in [1.165, 1.54) is 19.4 Å². The van der Waals surface area contributed by atoms with Crippen LogP contribution < -0.4 is 5.32 Å². The van der Waals surface area contributed by atoms with Gasteiger partial charge in [0.15, 0.2) is 0 Å². The summed E-state index contributed by atoms with van der Waals surface area (Å²) in [7, 11) is 3.02. The van der Waals surface area contributed by atoms with Gasteiger partial charge in [0, 0.05) is 18.2 Å². The summed E-state index contributed by atoms with van der Waals surface area (Å²) >= 11 is 0. The van der Waals surface area contributed by atoms with Crippen molar-refractivity contribution in [2.24, 2.45) is 10.3 Å². The highest BCUT2D eigenvalue weighted by atomic mass is 19.4. The Morgan fingerprint density at radius 1 is 1.17 bits per heavy atom. The number of alkyl halides is 3. The summed E-state index contributed by atoms with van der Waals surface area (Å²) < 4.78 is 38.4. The van der Waals surface area contributed by atoms with Crippen LogP contribution >= 0.6 is 0 Å². The van der Waals surface area contributed by atoms with Crippen LogP contribution in [-0.4, -0.2) is 32.5 Å². The molecule has 0 bridgehead atoms. The quantitative estimate of drug-likeness (QED) is 0.403. The molecule has 2 rings (SSSR count). The Bertz CT molecular complexity index is 868. The zero-order valence-electron chi connectivity index (χ0n) is 17.1. The standard InChI is InChI=1S/C19H19F3N2O2.C2H5NO/c1-13(24-25-3)18-10-5-4-7-16(18)12-23-26-14(2)15-8-6-9-17(11-15)19(20,21)22;1-3-2-4/h4-12,14H,1-3H3;2H,1H3,(H,3,4)/b23-12+,24-13+;. The largest absolute Gasteiger partial charge is 0.416 e. The molecule has 2 aromatic rings. The predicted octanol–water partition coefficient (Wildman–Crippen LogP) is 4.55. The van der Waals surface area contributed by atoms with E-state index in [9.17, 15) is 13.2 Å². The Morgan fingerprint density at radius 2 is 1.83 bits per heavy atom. The highest BCUT2D eigenvalue weighted by molar-refractivity contribution is 6.05. The van der Waals surface area contributed by atoms with Gasteiger partial charge < -0.3 is 15.0 Å². The lowest BCUT2D eigenvalue weighted by atomic mass is 10.1. The third-order valence-corrected chi connectivity index (χ3v) is 3.79. The number of nitrogens with one attached hydrogen (secondary N) is 1. The van der Waals surface area contributed by atoms with E-state index in [-0.39, 0.29) is 0 Å². The lowest BCUT2D eigenvalue weighted by Crippen LogP contribution is -2.06. The van der Waals surface area contributed by atoms with Crippen LogP contribution in [-0.2, 0) is 20.6 Å². The Balaban J connectivity index is 0.00000103. The van der Waals surface area contributed by atoms with E-state index in [0.29, 0.717) is 17.7 Å². The van der Waals surface area contributed by atoms with Gasteiger partial charge in [0.1, 0.15) is 13.2 Å². The first-order chi connectivity index (χ1) is 14.2. The summed E-state index contributed by atoms with van der Waals surface area (Å²) in [6.07, 6.45) is -2.90. The molecular formula is C21H24F3N3O3. The molecule has 0 aromatic heterocycles. The molecule has 6 nitrogen and oxygen atoms in total. The van der Waals surface area contributed by atoms with E-state index < -0.39 is 17.8 Å². The number of halogens is 3. The first-order valence-corrected chi connectivity index (χ1v) is 8.89. The fraction of sp³-hybridized carbons (Fsp3) is 0.286. The van der Waals surface area contributed by atoms with Gasteiger partial charge in [0.25, 0.3) is 0 Å². The molecular weight excluding hydrogens is 399 g/mol. The van der Waals surface area contributed by atoms with E-state index in [4.69, 9.17) is 14.5 Å². The number of carbonyl (C=O) groups is 1. The maximum Gasteiger partial charge on any atom is 0.416 e. The molecule has 0 aliphatic carbocycles. The van der Waals surface area contributed by atoms with E-state index >= 15 is 0 Å². The Morgan fingerprint density at radius 3 is 2.43 bits per heavy atom. The summed E-state index contributed by atoms with van der Waals surface area (Å²) in [6, 6.07) is 12.4.